The Labute approximate surface area is 138 Å². The van der Waals surface area contributed by atoms with E-state index in [9.17, 15) is 4.79 Å². The van der Waals surface area contributed by atoms with Crippen molar-refractivity contribution in [1.82, 2.24) is 9.88 Å². The number of carbonyl (C=O) groups is 1. The van der Waals surface area contributed by atoms with Gasteiger partial charge in [-0.2, -0.15) is 0 Å². The molecule has 2 heterocycles. The molecule has 5 heteroatoms. The summed E-state index contributed by atoms with van der Waals surface area (Å²) < 4.78 is 7.91. The van der Waals surface area contributed by atoms with Gasteiger partial charge in [-0.1, -0.05) is 12.1 Å². The Morgan fingerprint density at radius 3 is 3.09 bits per heavy atom. The van der Waals surface area contributed by atoms with E-state index in [0.717, 1.165) is 41.1 Å². The summed E-state index contributed by atoms with van der Waals surface area (Å²) in [6.07, 6.45) is 2.10. The molecule has 1 aromatic carbocycles. The number of aromatic nitrogens is 1. The molecule has 0 spiro atoms. The number of fused-ring (bicyclic) bond motifs is 1. The number of hydrogen-bond donors (Lipinski definition) is 1. The van der Waals surface area contributed by atoms with Crippen LogP contribution in [0, 0.1) is 0 Å². The summed E-state index contributed by atoms with van der Waals surface area (Å²) in [6, 6.07) is 9.93. The molecule has 0 saturated carbocycles. The lowest BCUT2D eigenvalue weighted by Gasteiger charge is -2.16. The lowest BCUT2D eigenvalue weighted by atomic mass is 10.1. The van der Waals surface area contributed by atoms with Gasteiger partial charge in [0.2, 0.25) is 5.91 Å². The minimum absolute atomic E-state index is 0.137. The molecule has 4 nitrogen and oxygen atoms in total. The number of nitrogens with zero attached hydrogens (tertiary/aromatic N) is 1. The predicted molar refractivity (Wildman–Crippen MR) is 89.5 cm³/mol. The molecule has 3 rings (SSSR count). The molecule has 2 aromatic rings. The quantitative estimate of drug-likeness (QED) is 0.908. The third kappa shape index (κ3) is 3.10. The number of benzene rings is 1. The summed E-state index contributed by atoms with van der Waals surface area (Å²) in [6.45, 7) is 1.76. The Bertz CT molecular complexity index is 694. The fraction of sp³-hybridized carbons (Fsp3) is 0.353. The number of ether oxygens (including phenoxy) is 1. The first-order valence-electron chi connectivity index (χ1n) is 7.45. The molecule has 1 aliphatic rings. The largest absolute Gasteiger partial charge is 0.497 e. The summed E-state index contributed by atoms with van der Waals surface area (Å²) >= 11 is 3.52. The Morgan fingerprint density at radius 1 is 1.41 bits per heavy atom. The summed E-state index contributed by atoms with van der Waals surface area (Å²) in [4.78, 5) is 12.6. The normalized spacial score (nSPS) is 13.7. The van der Waals surface area contributed by atoms with Crippen molar-refractivity contribution in [3.63, 3.8) is 0 Å². The van der Waals surface area contributed by atoms with Gasteiger partial charge in [0, 0.05) is 31.6 Å². The van der Waals surface area contributed by atoms with Crippen LogP contribution in [-0.2, 0) is 19.4 Å². The third-order valence-corrected chi connectivity index (χ3v) is 4.60. The van der Waals surface area contributed by atoms with Crippen LogP contribution in [0.25, 0.3) is 0 Å². The van der Waals surface area contributed by atoms with Crippen molar-refractivity contribution >= 4 is 21.8 Å². The molecule has 0 aliphatic carbocycles. The van der Waals surface area contributed by atoms with Crippen LogP contribution in [0.2, 0.25) is 0 Å². The molecule has 22 heavy (non-hydrogen) atoms. The molecule has 0 unspecified atom stereocenters. The molecule has 1 aliphatic heterocycles. The van der Waals surface area contributed by atoms with E-state index in [-0.39, 0.29) is 5.91 Å². The Balaban J connectivity index is 1.73. The highest BCUT2D eigenvalue weighted by molar-refractivity contribution is 9.10. The molecule has 0 amide bonds. The zero-order valence-electron chi connectivity index (χ0n) is 12.6. The number of carbonyl (C=O) groups excluding carboxylic acids is 1. The van der Waals surface area contributed by atoms with Gasteiger partial charge >= 0.3 is 0 Å². The lowest BCUT2D eigenvalue weighted by molar-refractivity contribution is 0.0897. The van der Waals surface area contributed by atoms with E-state index >= 15 is 0 Å². The van der Waals surface area contributed by atoms with Gasteiger partial charge in [-0.05, 0) is 51.7 Å². The van der Waals surface area contributed by atoms with Gasteiger partial charge in [0.25, 0.3) is 0 Å². The molecule has 0 fully saturated rings. The van der Waals surface area contributed by atoms with Crippen LogP contribution in [0.5, 0.6) is 5.75 Å². The van der Waals surface area contributed by atoms with Gasteiger partial charge in [-0.3, -0.25) is 9.36 Å². The van der Waals surface area contributed by atoms with Crippen molar-refractivity contribution in [2.75, 3.05) is 13.7 Å². The summed E-state index contributed by atoms with van der Waals surface area (Å²) in [5.74, 6) is 0.966. The molecule has 1 aromatic heterocycles. The highest BCUT2D eigenvalue weighted by Gasteiger charge is 2.20. The predicted octanol–water partition coefficient (Wildman–Crippen LogP) is 3.18. The Kier molecular flexibility index (Phi) is 4.64. The summed E-state index contributed by atoms with van der Waals surface area (Å²) in [5.41, 5.74) is 3.47. The molecule has 0 radical (unpaired) electrons. The first kappa shape index (κ1) is 15.3. The minimum atomic E-state index is 0.137. The van der Waals surface area contributed by atoms with Gasteiger partial charge in [0.15, 0.2) is 0 Å². The van der Waals surface area contributed by atoms with Crippen LogP contribution in [0.3, 0.4) is 0 Å². The average Bonchev–Trinajstić information content (AvgIpc) is 2.88. The molecule has 0 bridgehead atoms. The van der Waals surface area contributed by atoms with Crippen molar-refractivity contribution in [3.8, 4) is 5.75 Å². The Morgan fingerprint density at radius 2 is 2.27 bits per heavy atom. The van der Waals surface area contributed by atoms with E-state index in [0.29, 0.717) is 12.8 Å². The van der Waals surface area contributed by atoms with E-state index < -0.39 is 0 Å². The zero-order valence-corrected chi connectivity index (χ0v) is 14.1. The van der Waals surface area contributed by atoms with Crippen molar-refractivity contribution in [2.24, 2.45) is 0 Å². The maximum absolute atomic E-state index is 12.6. The smallest absolute Gasteiger partial charge is 0.232 e. The van der Waals surface area contributed by atoms with Crippen LogP contribution < -0.4 is 10.1 Å². The van der Waals surface area contributed by atoms with Gasteiger partial charge in [0.1, 0.15) is 5.75 Å². The maximum Gasteiger partial charge on any atom is 0.232 e. The van der Waals surface area contributed by atoms with E-state index in [4.69, 9.17) is 4.74 Å². The molecule has 116 valence electrons. The van der Waals surface area contributed by atoms with Gasteiger partial charge in [-0.25, -0.2) is 0 Å². The third-order valence-electron chi connectivity index (χ3n) is 4.01. The van der Waals surface area contributed by atoms with E-state index in [1.165, 1.54) is 5.56 Å². The highest BCUT2D eigenvalue weighted by Crippen LogP contribution is 2.24. The van der Waals surface area contributed by atoms with Crippen molar-refractivity contribution < 1.29 is 9.53 Å². The first-order valence-corrected chi connectivity index (χ1v) is 8.24. The standard InChI is InChI=1S/C17H19BrN2O2/c1-22-14-4-2-3-12(9-14)5-6-17(21)20-15-7-8-19-11-13(15)10-16(20)18/h2-4,9-10,19H,5-8,11H2,1H3. The lowest BCUT2D eigenvalue weighted by Crippen LogP contribution is -2.26. The molecular formula is C17H19BrN2O2. The fourth-order valence-electron chi connectivity index (χ4n) is 2.88. The fourth-order valence-corrected chi connectivity index (χ4v) is 3.57. The Hall–Kier alpha value is -1.59. The number of hydrogen-bond acceptors (Lipinski definition) is 3. The van der Waals surface area contributed by atoms with E-state index in [1.807, 2.05) is 34.9 Å². The topological polar surface area (TPSA) is 43.3 Å². The molecule has 0 saturated heterocycles. The number of halogens is 1. The zero-order chi connectivity index (χ0) is 15.5. The molecule has 1 N–H and O–H groups in total. The summed E-state index contributed by atoms with van der Waals surface area (Å²) in [5, 5.41) is 3.33. The van der Waals surface area contributed by atoms with Gasteiger partial charge in [-0.15, -0.1) is 0 Å². The SMILES string of the molecule is COc1cccc(CCC(=O)n2c(Br)cc3c2CCNC3)c1. The van der Waals surface area contributed by atoms with Crippen LogP contribution in [0.15, 0.2) is 34.9 Å². The second kappa shape index (κ2) is 6.67. The van der Waals surface area contributed by atoms with Crippen LogP contribution in [-0.4, -0.2) is 24.1 Å². The molecule has 0 atom stereocenters. The highest BCUT2D eigenvalue weighted by atomic mass is 79.9. The first-order chi connectivity index (χ1) is 10.7. The minimum Gasteiger partial charge on any atom is -0.497 e. The number of aryl methyl sites for hydroxylation is 1. The second-order valence-electron chi connectivity index (χ2n) is 5.45. The van der Waals surface area contributed by atoms with E-state index in [2.05, 4.69) is 21.2 Å². The number of nitrogens with one attached hydrogen (secondary N) is 1. The van der Waals surface area contributed by atoms with Crippen LogP contribution in [0.1, 0.15) is 28.0 Å². The maximum atomic E-state index is 12.6. The van der Waals surface area contributed by atoms with Crippen LogP contribution >= 0.6 is 15.9 Å². The summed E-state index contributed by atoms with van der Waals surface area (Å²) in [7, 11) is 1.65. The van der Waals surface area contributed by atoms with Gasteiger partial charge in [0.05, 0.1) is 11.7 Å². The van der Waals surface area contributed by atoms with Crippen molar-refractivity contribution in [2.45, 2.75) is 25.8 Å². The monoisotopic (exact) mass is 362 g/mol. The average molecular weight is 363 g/mol. The number of methoxy groups -OCH3 is 1. The van der Waals surface area contributed by atoms with E-state index in [1.54, 1.807) is 7.11 Å². The number of rotatable bonds is 4. The van der Waals surface area contributed by atoms with Crippen molar-refractivity contribution in [1.29, 1.82) is 0 Å². The van der Waals surface area contributed by atoms with Crippen LogP contribution in [0.4, 0.5) is 0 Å². The van der Waals surface area contributed by atoms with Gasteiger partial charge < -0.3 is 10.1 Å². The second-order valence-corrected chi connectivity index (χ2v) is 6.26. The van der Waals surface area contributed by atoms with Crippen molar-refractivity contribution in [3.05, 3.63) is 51.8 Å². The molecular weight excluding hydrogens is 344 g/mol.